The van der Waals surface area contributed by atoms with E-state index >= 15 is 0 Å². The van der Waals surface area contributed by atoms with E-state index in [1.54, 1.807) is 0 Å². The molecule has 1 fully saturated rings. The molecule has 3 rings (SSSR count). The quantitative estimate of drug-likeness (QED) is 0.591. The number of hydrogen-bond acceptors (Lipinski definition) is 6. The average molecular weight is 514 g/mol. The van der Waals surface area contributed by atoms with E-state index in [4.69, 9.17) is 5.73 Å². The smallest absolute Gasteiger partial charge is 0.259 e. The molecule has 1 aromatic heterocycles. The lowest BCUT2D eigenvalue weighted by Gasteiger charge is -2.41. The Kier molecular flexibility index (Phi) is 7.36. The molecule has 31 heavy (non-hydrogen) atoms. The van der Waals surface area contributed by atoms with Crippen molar-refractivity contribution in [3.05, 3.63) is 58.6 Å². The van der Waals surface area contributed by atoms with Crippen LogP contribution in [0.15, 0.2) is 52.1 Å². The second-order valence-electron chi connectivity index (χ2n) is 6.77. The first-order valence-electron chi connectivity index (χ1n) is 9.42. The van der Waals surface area contributed by atoms with E-state index in [0.717, 1.165) is 28.6 Å². The molecule has 2 amide bonds. The minimum Gasteiger partial charge on any atom is -0.352 e. The van der Waals surface area contributed by atoms with Crippen molar-refractivity contribution in [3.8, 4) is 0 Å². The van der Waals surface area contributed by atoms with E-state index in [1.807, 2.05) is 0 Å². The molecule has 0 bridgehead atoms. The monoisotopic (exact) mass is 513 g/mol. The first kappa shape index (κ1) is 23.3. The molecule has 0 aliphatic carbocycles. The summed E-state index contributed by atoms with van der Waals surface area (Å²) in [5.74, 6) is -1.80. The van der Waals surface area contributed by atoms with Crippen LogP contribution in [0.25, 0.3) is 0 Å². The van der Waals surface area contributed by atoms with Gasteiger partial charge in [-0.2, -0.15) is 4.31 Å². The minimum atomic E-state index is -4.20. The molecule has 1 aliphatic heterocycles. The van der Waals surface area contributed by atoms with Crippen molar-refractivity contribution in [2.45, 2.75) is 17.5 Å². The van der Waals surface area contributed by atoms with Gasteiger partial charge >= 0.3 is 0 Å². The maximum absolute atomic E-state index is 13.3. The summed E-state index contributed by atoms with van der Waals surface area (Å²) >= 11 is 3.25. The Morgan fingerprint density at radius 2 is 1.94 bits per heavy atom. The van der Waals surface area contributed by atoms with Crippen LogP contribution in [0.3, 0.4) is 0 Å². The van der Waals surface area contributed by atoms with Crippen LogP contribution in [-0.4, -0.2) is 66.8 Å². The fourth-order valence-corrected chi connectivity index (χ4v) is 5.21. The maximum Gasteiger partial charge on any atom is 0.259 e. The molecular formula is C19H21BrFN5O4S. The van der Waals surface area contributed by atoms with Crippen molar-refractivity contribution >= 4 is 37.8 Å². The van der Waals surface area contributed by atoms with Gasteiger partial charge in [0, 0.05) is 43.0 Å². The van der Waals surface area contributed by atoms with Crippen LogP contribution >= 0.6 is 15.9 Å². The number of amides is 2. The molecule has 0 spiro atoms. The molecule has 2 aromatic rings. The SMILES string of the molecule is NCCNC(=O)C1N(C(=O)c2cncc(Br)c2)CCCN1S(=O)(=O)c1ccc(F)cc1. The van der Waals surface area contributed by atoms with Crippen LogP contribution in [0, 0.1) is 5.82 Å². The molecule has 1 unspecified atom stereocenters. The van der Waals surface area contributed by atoms with Gasteiger partial charge in [0.2, 0.25) is 10.0 Å². The van der Waals surface area contributed by atoms with Gasteiger partial charge in [0.15, 0.2) is 6.17 Å². The van der Waals surface area contributed by atoms with Gasteiger partial charge in [0.05, 0.1) is 10.5 Å². The van der Waals surface area contributed by atoms with E-state index in [9.17, 15) is 22.4 Å². The third kappa shape index (κ3) is 5.09. The second-order valence-corrected chi connectivity index (χ2v) is 9.57. The van der Waals surface area contributed by atoms with Gasteiger partial charge in [0.1, 0.15) is 5.82 Å². The van der Waals surface area contributed by atoms with Gasteiger partial charge in [-0.05, 0) is 52.7 Å². The number of carbonyl (C=O) groups is 2. The van der Waals surface area contributed by atoms with Gasteiger partial charge in [-0.25, -0.2) is 12.8 Å². The minimum absolute atomic E-state index is 0.0148. The number of benzene rings is 1. The van der Waals surface area contributed by atoms with Crippen LogP contribution in [0.1, 0.15) is 16.8 Å². The largest absolute Gasteiger partial charge is 0.352 e. The number of hydrogen-bond donors (Lipinski definition) is 2. The molecule has 12 heteroatoms. The van der Waals surface area contributed by atoms with E-state index in [2.05, 4.69) is 26.2 Å². The summed E-state index contributed by atoms with van der Waals surface area (Å²) in [5.41, 5.74) is 5.66. The highest BCUT2D eigenvalue weighted by Crippen LogP contribution is 2.26. The molecule has 0 radical (unpaired) electrons. The number of carbonyl (C=O) groups excluding carboxylic acids is 2. The lowest BCUT2D eigenvalue weighted by atomic mass is 10.2. The molecule has 2 heterocycles. The molecule has 9 nitrogen and oxygen atoms in total. The molecule has 1 aromatic carbocycles. The van der Waals surface area contributed by atoms with Crippen molar-refractivity contribution in [1.29, 1.82) is 0 Å². The third-order valence-corrected chi connectivity index (χ3v) is 6.96. The molecule has 166 valence electrons. The Labute approximate surface area is 187 Å². The Morgan fingerprint density at radius 3 is 2.58 bits per heavy atom. The van der Waals surface area contributed by atoms with Crippen molar-refractivity contribution in [3.63, 3.8) is 0 Å². The van der Waals surface area contributed by atoms with E-state index < -0.39 is 33.8 Å². The van der Waals surface area contributed by atoms with Gasteiger partial charge in [-0.1, -0.05) is 0 Å². The van der Waals surface area contributed by atoms with E-state index in [0.29, 0.717) is 10.9 Å². The summed E-state index contributed by atoms with van der Waals surface area (Å²) in [5, 5.41) is 2.56. The first-order chi connectivity index (χ1) is 14.8. The van der Waals surface area contributed by atoms with Gasteiger partial charge in [0.25, 0.3) is 11.8 Å². The summed E-state index contributed by atoms with van der Waals surface area (Å²) in [4.78, 5) is 31.1. The standard InChI is InChI=1S/C19H21BrFN5O4S/c20-14-10-13(11-23-12-14)19(28)25-8-1-9-26(18(25)17(27)24-7-6-22)31(29,30)16-4-2-15(21)3-5-16/h2-5,10-12,18H,1,6-9,22H2,(H,24,27). The third-order valence-electron chi connectivity index (χ3n) is 4.66. The number of rotatable bonds is 6. The Bertz CT molecular complexity index is 1070. The second kappa shape index (κ2) is 9.81. The van der Waals surface area contributed by atoms with Crippen LogP contribution < -0.4 is 11.1 Å². The number of nitrogens with zero attached hydrogens (tertiary/aromatic N) is 3. The van der Waals surface area contributed by atoms with Crippen LogP contribution in [-0.2, 0) is 14.8 Å². The lowest BCUT2D eigenvalue weighted by molar-refractivity contribution is -0.130. The summed E-state index contributed by atoms with van der Waals surface area (Å²) in [6, 6.07) is 5.83. The van der Waals surface area contributed by atoms with E-state index in [1.165, 1.54) is 23.4 Å². The zero-order valence-corrected chi connectivity index (χ0v) is 18.8. The van der Waals surface area contributed by atoms with Crippen molar-refractivity contribution < 1.29 is 22.4 Å². The number of halogens is 2. The fraction of sp³-hybridized carbons (Fsp3) is 0.316. The number of nitrogens with one attached hydrogen (secondary N) is 1. The summed E-state index contributed by atoms with van der Waals surface area (Å²) in [7, 11) is -4.20. The first-order valence-corrected chi connectivity index (χ1v) is 11.7. The Balaban J connectivity index is 2.02. The molecule has 1 atom stereocenters. The lowest BCUT2D eigenvalue weighted by Crippen LogP contribution is -2.63. The Hall–Kier alpha value is -2.41. The maximum atomic E-state index is 13.3. The van der Waals surface area contributed by atoms with E-state index in [-0.39, 0.29) is 36.6 Å². The van der Waals surface area contributed by atoms with Crippen molar-refractivity contribution in [1.82, 2.24) is 19.5 Å². The van der Waals surface area contributed by atoms with Gasteiger partial charge in [-0.15, -0.1) is 0 Å². The van der Waals surface area contributed by atoms with Crippen molar-refractivity contribution in [2.75, 3.05) is 26.2 Å². The number of aromatic nitrogens is 1. The molecule has 1 aliphatic rings. The predicted molar refractivity (Wildman–Crippen MR) is 114 cm³/mol. The molecule has 0 saturated carbocycles. The van der Waals surface area contributed by atoms with Crippen molar-refractivity contribution in [2.24, 2.45) is 5.73 Å². The van der Waals surface area contributed by atoms with Crippen LogP contribution in [0.5, 0.6) is 0 Å². The van der Waals surface area contributed by atoms with Gasteiger partial charge < -0.3 is 16.0 Å². The molecule has 3 N–H and O–H groups in total. The van der Waals surface area contributed by atoms with Crippen LogP contribution in [0.4, 0.5) is 4.39 Å². The fourth-order valence-electron chi connectivity index (χ4n) is 3.26. The highest BCUT2D eigenvalue weighted by Gasteiger charge is 2.44. The highest BCUT2D eigenvalue weighted by atomic mass is 79.9. The van der Waals surface area contributed by atoms with Gasteiger partial charge in [-0.3, -0.25) is 14.6 Å². The molecular weight excluding hydrogens is 493 g/mol. The number of sulfonamides is 1. The Morgan fingerprint density at radius 1 is 1.23 bits per heavy atom. The highest BCUT2D eigenvalue weighted by molar-refractivity contribution is 9.10. The zero-order chi connectivity index (χ0) is 22.6. The normalized spacial score (nSPS) is 17.4. The molecule has 1 saturated heterocycles. The average Bonchev–Trinajstić information content (AvgIpc) is 2.76. The zero-order valence-electron chi connectivity index (χ0n) is 16.4. The summed E-state index contributed by atoms with van der Waals surface area (Å²) in [6.45, 7) is 0.440. The number of pyridine rings is 1. The topological polar surface area (TPSA) is 126 Å². The number of nitrogens with two attached hydrogens (primary N) is 1. The predicted octanol–water partition coefficient (Wildman–Crippen LogP) is 0.921. The summed E-state index contributed by atoms with van der Waals surface area (Å²) in [6.07, 6.45) is 1.73. The van der Waals surface area contributed by atoms with Crippen LogP contribution in [0.2, 0.25) is 0 Å². The summed E-state index contributed by atoms with van der Waals surface area (Å²) < 4.78 is 41.4.